The van der Waals surface area contributed by atoms with Gasteiger partial charge in [-0.2, -0.15) is 9.05 Å². The first-order chi connectivity index (χ1) is 5.99. The van der Waals surface area contributed by atoms with E-state index in [1.807, 2.05) is 0 Å². The first-order valence-corrected chi connectivity index (χ1v) is 6.49. The largest absolute Gasteiger partial charge is 0.351 e. The molecule has 0 spiro atoms. The molecule has 2 rings (SSSR count). The summed E-state index contributed by atoms with van der Waals surface area (Å²) in [5, 5.41) is 0. The fraction of sp³-hybridized carbons (Fsp3) is 1.00. The lowest BCUT2D eigenvalue weighted by atomic mass is 9.89. The van der Waals surface area contributed by atoms with Crippen LogP contribution in [0.2, 0.25) is 0 Å². The van der Waals surface area contributed by atoms with E-state index >= 15 is 0 Å². The Balaban J connectivity index is 2.29. The van der Waals surface area contributed by atoms with Gasteiger partial charge in [-0.05, 0) is 0 Å². The number of rotatable bonds is 1. The Morgan fingerprint density at radius 3 is 2.54 bits per heavy atom. The van der Waals surface area contributed by atoms with E-state index < -0.39 is 7.87 Å². The summed E-state index contributed by atoms with van der Waals surface area (Å²) in [7, 11) is 2.49. The summed E-state index contributed by atoms with van der Waals surface area (Å²) in [6.45, 7) is 6.30. The predicted octanol–water partition coefficient (Wildman–Crippen LogP) is 2.16. The topological polar surface area (TPSA) is 21.7 Å². The van der Waals surface area contributed by atoms with Crippen molar-refractivity contribution in [2.45, 2.75) is 25.9 Å². The van der Waals surface area contributed by atoms with Gasteiger partial charge in [-0.1, -0.05) is 13.8 Å². The number of hydrogen-bond donors (Lipinski definition) is 0. The first-order valence-electron chi connectivity index (χ1n) is 4.85. The molecule has 0 N–H and O–H groups in total. The van der Waals surface area contributed by atoms with E-state index in [0.717, 1.165) is 13.2 Å². The van der Waals surface area contributed by atoms with Crippen molar-refractivity contribution in [1.29, 1.82) is 0 Å². The second-order valence-corrected chi connectivity index (χ2v) is 7.88. The van der Waals surface area contributed by atoms with Crippen LogP contribution in [0.25, 0.3) is 0 Å². The molecule has 2 atom stereocenters. The van der Waals surface area contributed by atoms with Gasteiger partial charge in [0.05, 0.1) is 0 Å². The summed E-state index contributed by atoms with van der Waals surface area (Å²) in [6, 6.07) is 0. The fourth-order valence-corrected chi connectivity index (χ4v) is 6.10. The molecule has 0 aromatic rings. The van der Waals surface area contributed by atoms with Crippen molar-refractivity contribution in [2.24, 2.45) is 5.41 Å². The summed E-state index contributed by atoms with van der Waals surface area (Å²) >= 11 is 0. The Morgan fingerprint density at radius 2 is 2.00 bits per heavy atom. The van der Waals surface area contributed by atoms with E-state index in [9.17, 15) is 0 Å². The van der Waals surface area contributed by atoms with Crippen LogP contribution in [0.15, 0.2) is 0 Å². The monoisotopic (exact) mass is 204 g/mol. The first kappa shape index (κ1) is 9.85. The van der Waals surface area contributed by atoms with Crippen LogP contribution in [0.4, 0.5) is 0 Å². The maximum atomic E-state index is 5.96. The Hall–Kier alpha value is 0.310. The zero-order chi connectivity index (χ0) is 9.69. The van der Waals surface area contributed by atoms with Gasteiger partial charge < -0.3 is 0 Å². The van der Waals surface area contributed by atoms with Crippen molar-refractivity contribution in [2.75, 3.05) is 27.3 Å². The van der Waals surface area contributed by atoms with Gasteiger partial charge in [0, 0.05) is 25.9 Å². The molecule has 2 heterocycles. The third kappa shape index (κ3) is 1.25. The van der Waals surface area contributed by atoms with Crippen molar-refractivity contribution in [3.63, 3.8) is 0 Å². The Kier molecular flexibility index (Phi) is 2.20. The minimum atomic E-state index is -1.67. The molecule has 2 unspecified atom stereocenters. The van der Waals surface area contributed by atoms with Crippen LogP contribution in [-0.4, -0.2) is 37.6 Å². The number of fused-ring (bicyclic) bond motifs is 1. The van der Waals surface area contributed by atoms with Gasteiger partial charge in [-0.15, -0.1) is 4.67 Å². The quantitative estimate of drug-likeness (QED) is 0.611. The van der Waals surface area contributed by atoms with Crippen molar-refractivity contribution in [3.05, 3.63) is 0 Å². The third-order valence-electron chi connectivity index (χ3n) is 3.14. The van der Waals surface area contributed by atoms with Crippen LogP contribution in [0.5, 0.6) is 0 Å². The Labute approximate surface area is 80.9 Å². The average Bonchev–Trinajstić information content (AvgIpc) is 2.53. The van der Waals surface area contributed by atoms with Crippen molar-refractivity contribution in [3.8, 4) is 0 Å². The molecule has 0 radical (unpaired) electrons. The minimum absolute atomic E-state index is 0.300. The molecule has 76 valence electrons. The molecule has 4 heteroatoms. The molecular weight excluding hydrogens is 185 g/mol. The average molecular weight is 204 g/mol. The van der Waals surface area contributed by atoms with Gasteiger partial charge in [0.2, 0.25) is 0 Å². The van der Waals surface area contributed by atoms with E-state index in [1.165, 1.54) is 6.42 Å². The van der Waals surface area contributed by atoms with Crippen molar-refractivity contribution >= 4 is 7.87 Å². The molecular formula is C9H19NO2P+. The zero-order valence-electron chi connectivity index (χ0n) is 8.91. The second-order valence-electron chi connectivity index (χ2n) is 4.81. The lowest BCUT2D eigenvalue weighted by molar-refractivity contribution is 0.183. The van der Waals surface area contributed by atoms with Crippen molar-refractivity contribution in [1.82, 2.24) is 4.67 Å². The van der Waals surface area contributed by atoms with E-state index in [0.29, 0.717) is 11.1 Å². The molecule has 2 aliphatic heterocycles. The highest BCUT2D eigenvalue weighted by atomic mass is 31.2. The summed E-state index contributed by atoms with van der Waals surface area (Å²) in [5.74, 6) is 0. The van der Waals surface area contributed by atoms with E-state index in [1.54, 1.807) is 0 Å². The normalized spacial score (nSPS) is 42.7. The predicted molar refractivity (Wildman–Crippen MR) is 54.7 cm³/mol. The minimum Gasteiger partial charge on any atom is -0.187 e. The second kappa shape index (κ2) is 2.90. The van der Waals surface area contributed by atoms with Crippen LogP contribution in [-0.2, 0) is 9.05 Å². The molecule has 0 amide bonds. The van der Waals surface area contributed by atoms with Crippen LogP contribution < -0.4 is 0 Å². The van der Waals surface area contributed by atoms with E-state index in [2.05, 4.69) is 32.6 Å². The Morgan fingerprint density at radius 1 is 1.31 bits per heavy atom. The highest BCUT2D eigenvalue weighted by molar-refractivity contribution is 7.65. The van der Waals surface area contributed by atoms with Gasteiger partial charge in [0.15, 0.2) is 0 Å². The summed E-state index contributed by atoms with van der Waals surface area (Å²) in [5.41, 5.74) is 0.921. The lowest BCUT2D eigenvalue weighted by Gasteiger charge is -2.25. The molecule has 2 fully saturated rings. The molecule has 13 heavy (non-hydrogen) atoms. The smallest absolute Gasteiger partial charge is 0.187 e. The standard InChI is InChI=1S/C9H19NO2P/c1-9(2)7-12-13(10(3)4)8(9)5-6-11-13/h8H,5-7H2,1-4H3/q+1. The zero-order valence-corrected chi connectivity index (χ0v) is 9.80. The molecule has 0 aliphatic carbocycles. The van der Waals surface area contributed by atoms with Gasteiger partial charge in [0.25, 0.3) is 0 Å². The Bertz CT molecular complexity index is 220. The maximum absolute atomic E-state index is 5.96. The van der Waals surface area contributed by atoms with E-state index in [4.69, 9.17) is 9.05 Å². The molecule has 0 aromatic heterocycles. The molecule has 2 aliphatic rings. The number of nitrogens with zero attached hydrogens (tertiary/aromatic N) is 1. The van der Waals surface area contributed by atoms with Gasteiger partial charge in [-0.3, -0.25) is 0 Å². The van der Waals surface area contributed by atoms with Crippen LogP contribution in [0.1, 0.15) is 20.3 Å². The molecule has 0 bridgehead atoms. The summed E-state index contributed by atoms with van der Waals surface area (Å²) in [4.78, 5) is 0. The third-order valence-corrected chi connectivity index (χ3v) is 7.05. The summed E-state index contributed by atoms with van der Waals surface area (Å²) in [6.07, 6.45) is 1.17. The highest BCUT2D eigenvalue weighted by Gasteiger charge is 2.68. The molecule has 0 aromatic carbocycles. The van der Waals surface area contributed by atoms with E-state index in [-0.39, 0.29) is 0 Å². The lowest BCUT2D eigenvalue weighted by Crippen LogP contribution is -2.27. The van der Waals surface area contributed by atoms with Crippen LogP contribution in [0.3, 0.4) is 0 Å². The van der Waals surface area contributed by atoms with Gasteiger partial charge in [-0.25, -0.2) is 0 Å². The van der Waals surface area contributed by atoms with Gasteiger partial charge >= 0.3 is 7.87 Å². The van der Waals surface area contributed by atoms with Crippen LogP contribution >= 0.6 is 7.87 Å². The fourth-order valence-electron chi connectivity index (χ4n) is 2.37. The SMILES string of the molecule is CN(C)[P+]12OCCC1C(C)(C)CO2. The molecule has 0 saturated carbocycles. The summed E-state index contributed by atoms with van der Waals surface area (Å²) < 4.78 is 14.0. The molecule has 3 nitrogen and oxygen atoms in total. The highest BCUT2D eigenvalue weighted by Crippen LogP contribution is 2.78. The van der Waals surface area contributed by atoms with Gasteiger partial charge in [0.1, 0.15) is 18.9 Å². The van der Waals surface area contributed by atoms with Crippen LogP contribution in [0, 0.1) is 5.41 Å². The molecule has 2 saturated heterocycles. The van der Waals surface area contributed by atoms with Crippen molar-refractivity contribution < 1.29 is 9.05 Å². The number of hydrogen-bond acceptors (Lipinski definition) is 3. The maximum Gasteiger partial charge on any atom is 0.351 e.